The zero-order valence-electron chi connectivity index (χ0n) is 11.9. The summed E-state index contributed by atoms with van der Waals surface area (Å²) >= 11 is 0. The molecule has 0 radical (unpaired) electrons. The molecule has 1 unspecified atom stereocenters. The van der Waals surface area contributed by atoms with Crippen molar-refractivity contribution in [3.05, 3.63) is 0 Å². The molecule has 5 N–H and O–H groups in total. The largest absolute Gasteiger partial charge is 0.467 e. The molecule has 1 amide bonds. The molecular weight excluding hydrogens is 262 g/mol. The second kappa shape index (κ2) is 8.10. The van der Waals surface area contributed by atoms with Crippen LogP contribution in [0.2, 0.25) is 0 Å². The fraction of sp³-hybridized carbons (Fsp3) is 0.636. The lowest BCUT2D eigenvalue weighted by molar-refractivity contribution is -0.121. The van der Waals surface area contributed by atoms with Gasteiger partial charge in [-0.3, -0.25) is 10.2 Å². The van der Waals surface area contributed by atoms with Crippen molar-refractivity contribution in [2.75, 3.05) is 24.4 Å². The van der Waals surface area contributed by atoms with Gasteiger partial charge in [-0.25, -0.2) is 5.84 Å². The van der Waals surface area contributed by atoms with Crippen LogP contribution in [-0.2, 0) is 4.79 Å². The number of hydrogen-bond acceptors (Lipinski definition) is 8. The molecule has 1 rings (SSSR count). The van der Waals surface area contributed by atoms with Crippen LogP contribution >= 0.6 is 0 Å². The number of hydrogen-bond donors (Lipinski definition) is 4. The molecule has 0 aliphatic rings. The molecule has 1 aromatic rings. The number of carbonyl (C=O) groups excluding carboxylic acids is 1. The Morgan fingerprint density at radius 1 is 1.35 bits per heavy atom. The second-order valence-electron chi connectivity index (χ2n) is 4.17. The van der Waals surface area contributed by atoms with Crippen LogP contribution < -0.4 is 26.6 Å². The lowest BCUT2D eigenvalue weighted by Crippen LogP contribution is -2.33. The zero-order valence-corrected chi connectivity index (χ0v) is 11.9. The van der Waals surface area contributed by atoms with E-state index in [1.54, 1.807) is 0 Å². The van der Waals surface area contributed by atoms with E-state index in [1.165, 1.54) is 7.11 Å². The van der Waals surface area contributed by atoms with Gasteiger partial charge in [0, 0.05) is 19.0 Å². The quantitative estimate of drug-likeness (QED) is 0.384. The number of anilines is 2. The van der Waals surface area contributed by atoms with Gasteiger partial charge in [0.05, 0.1) is 7.11 Å². The van der Waals surface area contributed by atoms with E-state index in [1.807, 2.05) is 13.8 Å². The maximum Gasteiger partial charge on any atom is 0.322 e. The molecular formula is C11H21N7O2. The van der Waals surface area contributed by atoms with Gasteiger partial charge in [-0.05, 0) is 13.3 Å². The van der Waals surface area contributed by atoms with Crippen molar-refractivity contribution in [3.8, 4) is 6.01 Å². The van der Waals surface area contributed by atoms with Crippen LogP contribution in [0.25, 0.3) is 0 Å². The van der Waals surface area contributed by atoms with Crippen LogP contribution in [-0.4, -0.2) is 40.6 Å². The summed E-state index contributed by atoms with van der Waals surface area (Å²) in [5.74, 6) is 5.69. The first-order valence-electron chi connectivity index (χ1n) is 6.39. The minimum atomic E-state index is -0.0231. The summed E-state index contributed by atoms with van der Waals surface area (Å²) in [6, 6.07) is 0.312. The number of amides is 1. The number of carbonyl (C=O) groups is 1. The van der Waals surface area contributed by atoms with E-state index >= 15 is 0 Å². The molecule has 0 saturated heterocycles. The highest BCUT2D eigenvalue weighted by Gasteiger charge is 2.08. The summed E-state index contributed by atoms with van der Waals surface area (Å²) in [4.78, 5) is 23.4. The van der Waals surface area contributed by atoms with E-state index in [0.29, 0.717) is 18.9 Å². The second-order valence-corrected chi connectivity index (χ2v) is 4.17. The number of ether oxygens (including phenoxy) is 1. The van der Waals surface area contributed by atoms with Crippen LogP contribution in [0.15, 0.2) is 0 Å². The highest BCUT2D eigenvalue weighted by molar-refractivity contribution is 5.76. The zero-order chi connectivity index (χ0) is 15.0. The molecule has 0 saturated carbocycles. The average molecular weight is 283 g/mol. The van der Waals surface area contributed by atoms with Gasteiger partial charge in [0.15, 0.2) is 0 Å². The Hall–Kier alpha value is -2.16. The van der Waals surface area contributed by atoms with Gasteiger partial charge < -0.3 is 15.4 Å². The van der Waals surface area contributed by atoms with Crippen molar-refractivity contribution in [1.82, 2.24) is 20.3 Å². The number of nitrogens with two attached hydrogens (primary N) is 1. The van der Waals surface area contributed by atoms with Gasteiger partial charge in [0.1, 0.15) is 0 Å². The minimum Gasteiger partial charge on any atom is -0.467 e. The third kappa shape index (κ3) is 5.22. The predicted molar refractivity (Wildman–Crippen MR) is 75.2 cm³/mol. The summed E-state index contributed by atoms with van der Waals surface area (Å²) in [5, 5.41) is 5.79. The van der Waals surface area contributed by atoms with Crippen molar-refractivity contribution in [1.29, 1.82) is 0 Å². The molecule has 9 heteroatoms. The topological polar surface area (TPSA) is 127 Å². The molecule has 0 spiro atoms. The van der Waals surface area contributed by atoms with E-state index in [4.69, 9.17) is 10.6 Å². The van der Waals surface area contributed by atoms with Crippen LogP contribution in [0.1, 0.15) is 26.7 Å². The van der Waals surface area contributed by atoms with Gasteiger partial charge >= 0.3 is 6.01 Å². The SMILES string of the molecule is CCC(C)NC(=O)CCNc1nc(NN)nc(OC)n1. The predicted octanol–water partition coefficient (Wildman–Crippen LogP) is -0.117. The lowest BCUT2D eigenvalue weighted by Gasteiger charge is -2.11. The maximum absolute atomic E-state index is 11.6. The molecule has 0 aliphatic carbocycles. The number of methoxy groups -OCH3 is 1. The number of hydrazine groups is 1. The van der Waals surface area contributed by atoms with Gasteiger partial charge in [-0.15, -0.1) is 0 Å². The Morgan fingerprint density at radius 2 is 2.05 bits per heavy atom. The molecule has 1 aromatic heterocycles. The third-order valence-corrected chi connectivity index (χ3v) is 2.58. The average Bonchev–Trinajstić information content (AvgIpc) is 2.46. The number of aromatic nitrogens is 3. The van der Waals surface area contributed by atoms with E-state index in [2.05, 4.69) is 31.0 Å². The number of nitrogens with one attached hydrogen (secondary N) is 3. The van der Waals surface area contributed by atoms with E-state index in [0.717, 1.165) is 6.42 Å². The first-order chi connectivity index (χ1) is 9.58. The Bertz CT molecular complexity index is 419. The van der Waals surface area contributed by atoms with E-state index < -0.39 is 0 Å². The third-order valence-electron chi connectivity index (χ3n) is 2.58. The first-order valence-corrected chi connectivity index (χ1v) is 6.39. The molecule has 0 bridgehead atoms. The van der Waals surface area contributed by atoms with Crippen molar-refractivity contribution < 1.29 is 9.53 Å². The molecule has 9 nitrogen and oxygen atoms in total. The van der Waals surface area contributed by atoms with Gasteiger partial charge in [-0.1, -0.05) is 6.92 Å². The maximum atomic E-state index is 11.6. The molecule has 1 heterocycles. The summed E-state index contributed by atoms with van der Waals surface area (Å²) in [5.41, 5.74) is 2.31. The number of rotatable bonds is 8. The number of nitrogens with zero attached hydrogens (tertiary/aromatic N) is 3. The fourth-order valence-corrected chi connectivity index (χ4v) is 1.33. The molecule has 1 atom stereocenters. The highest BCUT2D eigenvalue weighted by atomic mass is 16.5. The summed E-state index contributed by atoms with van der Waals surface area (Å²) in [6.45, 7) is 4.38. The fourth-order valence-electron chi connectivity index (χ4n) is 1.33. The van der Waals surface area contributed by atoms with Gasteiger partial charge in [-0.2, -0.15) is 15.0 Å². The van der Waals surface area contributed by atoms with Crippen LogP contribution in [0.3, 0.4) is 0 Å². The van der Waals surface area contributed by atoms with E-state index in [-0.39, 0.29) is 23.9 Å². The Morgan fingerprint density at radius 3 is 2.65 bits per heavy atom. The lowest BCUT2D eigenvalue weighted by atomic mass is 10.2. The van der Waals surface area contributed by atoms with Crippen molar-refractivity contribution in [2.24, 2.45) is 5.84 Å². The van der Waals surface area contributed by atoms with E-state index in [9.17, 15) is 4.79 Å². The van der Waals surface area contributed by atoms with Crippen LogP contribution in [0.5, 0.6) is 6.01 Å². The Kier molecular flexibility index (Phi) is 6.44. The summed E-state index contributed by atoms with van der Waals surface area (Å²) < 4.78 is 4.91. The normalized spacial score (nSPS) is 11.6. The molecule has 0 fully saturated rings. The molecule has 20 heavy (non-hydrogen) atoms. The van der Waals surface area contributed by atoms with Crippen LogP contribution in [0.4, 0.5) is 11.9 Å². The highest BCUT2D eigenvalue weighted by Crippen LogP contribution is 2.09. The molecule has 112 valence electrons. The number of nitrogen functional groups attached to an aromatic ring is 1. The van der Waals surface area contributed by atoms with Crippen LogP contribution in [0, 0.1) is 0 Å². The monoisotopic (exact) mass is 283 g/mol. The van der Waals surface area contributed by atoms with Crippen molar-refractivity contribution >= 4 is 17.8 Å². The molecule has 0 aromatic carbocycles. The van der Waals surface area contributed by atoms with Gasteiger partial charge in [0.25, 0.3) is 0 Å². The Labute approximate surface area is 117 Å². The molecule has 0 aliphatic heterocycles. The summed E-state index contributed by atoms with van der Waals surface area (Å²) in [7, 11) is 1.44. The summed E-state index contributed by atoms with van der Waals surface area (Å²) in [6.07, 6.45) is 1.22. The standard InChI is InChI=1S/C11H21N7O2/c1-4-7(2)14-8(19)5-6-13-9-15-10(18-12)17-11(16-9)20-3/h7H,4-6,12H2,1-3H3,(H,14,19)(H2,13,15,16,17,18). The van der Waals surface area contributed by atoms with Crippen molar-refractivity contribution in [2.45, 2.75) is 32.7 Å². The first kappa shape index (κ1) is 15.9. The minimum absolute atomic E-state index is 0.0231. The smallest absolute Gasteiger partial charge is 0.322 e. The van der Waals surface area contributed by atoms with Gasteiger partial charge in [0.2, 0.25) is 17.8 Å². The van der Waals surface area contributed by atoms with Crippen molar-refractivity contribution in [3.63, 3.8) is 0 Å². The Balaban J connectivity index is 2.47.